The number of nitrogens with zero attached hydrogens (tertiary/aromatic N) is 1. The number of hydrogen-bond acceptors (Lipinski definition) is 4. The second-order valence-electron chi connectivity index (χ2n) is 4.50. The minimum atomic E-state index is -0.499. The molecule has 1 rings (SSSR count). The second kappa shape index (κ2) is 6.84. The highest BCUT2D eigenvalue weighted by Crippen LogP contribution is 2.19. The average molecular weight is 266 g/mol. The van der Waals surface area contributed by atoms with Gasteiger partial charge in [0.2, 0.25) is 0 Å². The number of amides is 1. The summed E-state index contributed by atoms with van der Waals surface area (Å²) < 4.78 is 0. The van der Waals surface area contributed by atoms with E-state index in [0.29, 0.717) is 18.4 Å². The first-order valence-electron chi connectivity index (χ1n) is 6.12. The molecule has 0 radical (unpaired) electrons. The van der Waals surface area contributed by atoms with Crippen LogP contribution in [0, 0.1) is 17.0 Å². The van der Waals surface area contributed by atoms with Crippen LogP contribution in [0.4, 0.5) is 5.69 Å². The van der Waals surface area contributed by atoms with Gasteiger partial charge in [-0.1, -0.05) is 6.07 Å². The van der Waals surface area contributed by atoms with Gasteiger partial charge in [0.15, 0.2) is 0 Å². The Balaban J connectivity index is 2.77. The summed E-state index contributed by atoms with van der Waals surface area (Å²) in [7, 11) is 0. The van der Waals surface area contributed by atoms with E-state index >= 15 is 0 Å². The maximum absolute atomic E-state index is 11.9. The Morgan fingerprint density at radius 1 is 1.53 bits per heavy atom. The fraction of sp³-hybridized carbons (Fsp3) is 0.462. The van der Waals surface area contributed by atoms with Crippen LogP contribution in [-0.2, 0) is 0 Å². The van der Waals surface area contributed by atoms with E-state index in [1.807, 2.05) is 6.92 Å². The van der Waals surface area contributed by atoms with Gasteiger partial charge in [0, 0.05) is 29.8 Å². The number of aliphatic hydroxyl groups excluding tert-OH is 1. The SMILES string of the molecule is Cc1ccc(C(=O)NC(C)CCCO)cc1[N+](=O)[O-]. The molecule has 1 atom stereocenters. The van der Waals surface area contributed by atoms with Gasteiger partial charge in [-0.25, -0.2) is 0 Å². The van der Waals surface area contributed by atoms with Crippen LogP contribution in [-0.4, -0.2) is 28.6 Å². The van der Waals surface area contributed by atoms with Crippen molar-refractivity contribution >= 4 is 11.6 Å². The molecule has 19 heavy (non-hydrogen) atoms. The van der Waals surface area contributed by atoms with Gasteiger partial charge in [-0.3, -0.25) is 14.9 Å². The minimum absolute atomic E-state index is 0.0596. The summed E-state index contributed by atoms with van der Waals surface area (Å²) in [5, 5.41) is 22.3. The topological polar surface area (TPSA) is 92.5 Å². The molecule has 0 aliphatic heterocycles. The third-order valence-electron chi connectivity index (χ3n) is 2.84. The molecule has 0 fully saturated rings. The molecular weight excluding hydrogens is 248 g/mol. The zero-order chi connectivity index (χ0) is 14.4. The van der Waals surface area contributed by atoms with Crippen LogP contribution in [0.25, 0.3) is 0 Å². The van der Waals surface area contributed by atoms with Gasteiger partial charge in [0.25, 0.3) is 11.6 Å². The standard InChI is InChI=1S/C13H18N2O4/c1-9-5-6-11(8-12(9)15(18)19)13(17)14-10(2)4-3-7-16/h5-6,8,10,16H,3-4,7H2,1-2H3,(H,14,17). The van der Waals surface area contributed by atoms with Crippen molar-refractivity contribution in [2.45, 2.75) is 32.7 Å². The predicted molar refractivity (Wildman–Crippen MR) is 71.1 cm³/mol. The fourth-order valence-electron chi connectivity index (χ4n) is 1.72. The van der Waals surface area contributed by atoms with Gasteiger partial charge >= 0.3 is 0 Å². The molecule has 6 nitrogen and oxygen atoms in total. The normalized spacial score (nSPS) is 11.9. The quantitative estimate of drug-likeness (QED) is 0.606. The Morgan fingerprint density at radius 2 is 2.21 bits per heavy atom. The van der Waals surface area contributed by atoms with Crippen LogP contribution in [0.2, 0.25) is 0 Å². The van der Waals surface area contributed by atoms with E-state index in [4.69, 9.17) is 5.11 Å². The van der Waals surface area contributed by atoms with Gasteiger partial charge in [0.1, 0.15) is 0 Å². The second-order valence-corrected chi connectivity index (χ2v) is 4.50. The molecule has 0 spiro atoms. The zero-order valence-corrected chi connectivity index (χ0v) is 11.0. The average Bonchev–Trinajstić information content (AvgIpc) is 2.36. The van der Waals surface area contributed by atoms with Crippen molar-refractivity contribution < 1.29 is 14.8 Å². The number of aliphatic hydroxyl groups is 1. The summed E-state index contributed by atoms with van der Waals surface area (Å²) in [5.41, 5.74) is 0.735. The van der Waals surface area contributed by atoms with Crippen LogP contribution >= 0.6 is 0 Å². The first-order chi connectivity index (χ1) is 8.95. The van der Waals surface area contributed by atoms with E-state index in [1.165, 1.54) is 6.07 Å². The van der Waals surface area contributed by atoms with Crippen molar-refractivity contribution in [2.75, 3.05) is 6.61 Å². The molecule has 104 valence electrons. The van der Waals surface area contributed by atoms with Crippen molar-refractivity contribution in [3.8, 4) is 0 Å². The minimum Gasteiger partial charge on any atom is -0.396 e. The van der Waals surface area contributed by atoms with Crippen molar-refractivity contribution in [1.82, 2.24) is 5.32 Å². The summed E-state index contributed by atoms with van der Waals surface area (Å²) in [6.07, 6.45) is 1.27. The van der Waals surface area contributed by atoms with Gasteiger partial charge in [0.05, 0.1) is 4.92 Å². The summed E-state index contributed by atoms with van der Waals surface area (Å²) in [6.45, 7) is 3.54. The first kappa shape index (κ1) is 15.1. The van der Waals surface area contributed by atoms with Crippen LogP contribution in [0.15, 0.2) is 18.2 Å². The molecule has 0 saturated carbocycles. The van der Waals surface area contributed by atoms with Gasteiger partial charge in [-0.15, -0.1) is 0 Å². The van der Waals surface area contributed by atoms with Crippen molar-refractivity contribution in [3.63, 3.8) is 0 Å². The maximum Gasteiger partial charge on any atom is 0.273 e. The fourth-order valence-corrected chi connectivity index (χ4v) is 1.72. The van der Waals surface area contributed by atoms with Gasteiger partial charge < -0.3 is 10.4 Å². The molecule has 0 aliphatic rings. The highest BCUT2D eigenvalue weighted by molar-refractivity contribution is 5.95. The summed E-state index contributed by atoms with van der Waals surface area (Å²) in [4.78, 5) is 22.2. The Bertz CT molecular complexity index is 474. The van der Waals surface area contributed by atoms with Crippen molar-refractivity contribution in [2.24, 2.45) is 0 Å². The van der Waals surface area contributed by atoms with E-state index in [9.17, 15) is 14.9 Å². The predicted octanol–water partition coefficient (Wildman–Crippen LogP) is 1.79. The molecule has 1 aromatic carbocycles. The summed E-state index contributed by atoms with van der Waals surface area (Å²) in [5.74, 6) is -0.339. The monoisotopic (exact) mass is 266 g/mol. The van der Waals surface area contributed by atoms with Gasteiger partial charge in [-0.05, 0) is 32.8 Å². The lowest BCUT2D eigenvalue weighted by Crippen LogP contribution is -2.32. The Kier molecular flexibility index (Phi) is 5.44. The summed E-state index contributed by atoms with van der Waals surface area (Å²) >= 11 is 0. The van der Waals surface area contributed by atoms with Gasteiger partial charge in [-0.2, -0.15) is 0 Å². The van der Waals surface area contributed by atoms with E-state index in [1.54, 1.807) is 19.1 Å². The molecule has 1 aromatic rings. The number of nitrogens with one attached hydrogen (secondary N) is 1. The third-order valence-corrected chi connectivity index (χ3v) is 2.84. The zero-order valence-electron chi connectivity index (χ0n) is 11.0. The number of carbonyl (C=O) groups is 1. The molecule has 6 heteroatoms. The molecule has 1 amide bonds. The van der Waals surface area contributed by atoms with Crippen LogP contribution in [0.3, 0.4) is 0 Å². The maximum atomic E-state index is 11.9. The van der Waals surface area contributed by atoms with Crippen molar-refractivity contribution in [3.05, 3.63) is 39.4 Å². The lowest BCUT2D eigenvalue weighted by atomic mass is 10.1. The van der Waals surface area contributed by atoms with Crippen LogP contribution in [0.5, 0.6) is 0 Å². The number of rotatable bonds is 6. The van der Waals surface area contributed by atoms with E-state index in [-0.39, 0.29) is 29.8 Å². The number of benzene rings is 1. The molecule has 2 N–H and O–H groups in total. The molecule has 0 bridgehead atoms. The number of nitro benzene ring substituents is 1. The number of carbonyl (C=O) groups excluding carboxylic acids is 1. The molecule has 0 saturated heterocycles. The number of nitro groups is 1. The largest absolute Gasteiger partial charge is 0.396 e. The molecular formula is C13H18N2O4. The first-order valence-corrected chi connectivity index (χ1v) is 6.12. The molecule has 0 heterocycles. The Hall–Kier alpha value is -1.95. The van der Waals surface area contributed by atoms with E-state index in [2.05, 4.69) is 5.32 Å². The van der Waals surface area contributed by atoms with Crippen LogP contribution in [0.1, 0.15) is 35.7 Å². The smallest absolute Gasteiger partial charge is 0.273 e. The molecule has 0 aliphatic carbocycles. The number of aryl methyl sites for hydroxylation is 1. The van der Waals surface area contributed by atoms with Crippen LogP contribution < -0.4 is 5.32 Å². The Labute approximate surface area is 111 Å². The summed E-state index contributed by atoms with van der Waals surface area (Å²) in [6, 6.07) is 4.32. The van der Waals surface area contributed by atoms with E-state index in [0.717, 1.165) is 0 Å². The Morgan fingerprint density at radius 3 is 2.79 bits per heavy atom. The number of hydrogen-bond donors (Lipinski definition) is 2. The highest BCUT2D eigenvalue weighted by atomic mass is 16.6. The van der Waals surface area contributed by atoms with E-state index < -0.39 is 4.92 Å². The lowest BCUT2D eigenvalue weighted by Gasteiger charge is -2.13. The lowest BCUT2D eigenvalue weighted by molar-refractivity contribution is -0.385. The molecule has 0 aromatic heterocycles. The molecule has 1 unspecified atom stereocenters. The highest BCUT2D eigenvalue weighted by Gasteiger charge is 2.16. The third kappa shape index (κ3) is 4.33. The van der Waals surface area contributed by atoms with Crippen molar-refractivity contribution in [1.29, 1.82) is 0 Å².